The van der Waals surface area contributed by atoms with E-state index in [4.69, 9.17) is 17.3 Å². The molecule has 1 fully saturated rings. The molecule has 0 spiro atoms. The number of aromatic nitrogens is 2. The Bertz CT molecular complexity index is 617. The molecule has 1 aliphatic heterocycles. The molecule has 0 aliphatic carbocycles. The van der Waals surface area contributed by atoms with Gasteiger partial charge in [-0.25, -0.2) is 9.97 Å². The predicted molar refractivity (Wildman–Crippen MR) is 87.1 cm³/mol. The van der Waals surface area contributed by atoms with Gasteiger partial charge in [0.1, 0.15) is 17.5 Å². The third kappa shape index (κ3) is 3.03. The quantitative estimate of drug-likeness (QED) is 0.923. The zero-order valence-corrected chi connectivity index (χ0v) is 12.7. The van der Waals surface area contributed by atoms with E-state index >= 15 is 0 Å². The molecular weight excluding hydrogens is 286 g/mol. The summed E-state index contributed by atoms with van der Waals surface area (Å²) in [4.78, 5) is 13.1. The number of aryl methyl sites for hydroxylation is 1. The Kier molecular flexibility index (Phi) is 3.84. The summed E-state index contributed by atoms with van der Waals surface area (Å²) < 4.78 is 0. The van der Waals surface area contributed by atoms with Crippen molar-refractivity contribution >= 4 is 28.9 Å². The van der Waals surface area contributed by atoms with Crippen LogP contribution >= 0.6 is 11.6 Å². The molecule has 2 heterocycles. The van der Waals surface area contributed by atoms with Gasteiger partial charge in [0.25, 0.3) is 0 Å². The number of halogens is 1. The van der Waals surface area contributed by atoms with Gasteiger partial charge in [0, 0.05) is 32.2 Å². The first-order valence-corrected chi connectivity index (χ1v) is 7.37. The molecule has 1 aliphatic rings. The zero-order chi connectivity index (χ0) is 14.8. The lowest BCUT2D eigenvalue weighted by molar-refractivity contribution is 0.646. The van der Waals surface area contributed by atoms with E-state index < -0.39 is 0 Å². The number of nitrogens with zero attached hydrogens (tertiary/aromatic N) is 4. The Morgan fingerprint density at radius 1 is 1.05 bits per heavy atom. The third-order valence-electron chi connectivity index (χ3n) is 3.64. The number of hydrogen-bond donors (Lipinski definition) is 1. The third-order valence-corrected chi connectivity index (χ3v) is 3.96. The number of piperazine rings is 1. The van der Waals surface area contributed by atoms with Crippen LogP contribution in [-0.4, -0.2) is 36.1 Å². The van der Waals surface area contributed by atoms with Crippen LogP contribution in [0, 0.1) is 6.92 Å². The van der Waals surface area contributed by atoms with Crippen LogP contribution in [0.25, 0.3) is 0 Å². The monoisotopic (exact) mass is 303 g/mol. The van der Waals surface area contributed by atoms with Crippen molar-refractivity contribution in [1.29, 1.82) is 0 Å². The molecule has 110 valence electrons. The van der Waals surface area contributed by atoms with E-state index in [1.807, 2.05) is 31.2 Å². The van der Waals surface area contributed by atoms with E-state index in [2.05, 4.69) is 25.8 Å². The number of para-hydroxylation sites is 1. The first-order chi connectivity index (χ1) is 10.1. The molecule has 0 bridgehead atoms. The number of benzene rings is 1. The van der Waals surface area contributed by atoms with Crippen molar-refractivity contribution < 1.29 is 0 Å². The maximum absolute atomic E-state index is 6.26. The lowest BCUT2D eigenvalue weighted by Gasteiger charge is -2.37. The van der Waals surface area contributed by atoms with Crippen LogP contribution in [0.15, 0.2) is 30.3 Å². The van der Waals surface area contributed by atoms with Crippen molar-refractivity contribution in [2.75, 3.05) is 41.7 Å². The van der Waals surface area contributed by atoms with Gasteiger partial charge in [0.05, 0.1) is 10.7 Å². The van der Waals surface area contributed by atoms with Gasteiger partial charge < -0.3 is 15.5 Å². The summed E-state index contributed by atoms with van der Waals surface area (Å²) in [5, 5.41) is 0.799. The van der Waals surface area contributed by atoms with Crippen LogP contribution in [0.5, 0.6) is 0 Å². The fourth-order valence-corrected chi connectivity index (χ4v) is 2.88. The molecular formula is C15H18ClN5. The highest BCUT2D eigenvalue weighted by molar-refractivity contribution is 6.33. The summed E-state index contributed by atoms with van der Waals surface area (Å²) in [5.74, 6) is 2.13. The SMILES string of the molecule is Cc1nc(N)cc(N2CCN(c3ccccc3Cl)CC2)n1. The summed E-state index contributed by atoms with van der Waals surface area (Å²) in [7, 11) is 0. The van der Waals surface area contributed by atoms with Gasteiger partial charge in [0.2, 0.25) is 0 Å². The Balaban J connectivity index is 1.72. The minimum atomic E-state index is 0.519. The number of rotatable bonds is 2. The van der Waals surface area contributed by atoms with Gasteiger partial charge in [-0.05, 0) is 19.1 Å². The van der Waals surface area contributed by atoms with Gasteiger partial charge in [0.15, 0.2) is 0 Å². The van der Waals surface area contributed by atoms with E-state index in [0.29, 0.717) is 11.6 Å². The summed E-state index contributed by atoms with van der Waals surface area (Å²) in [6.07, 6.45) is 0. The molecule has 2 aromatic rings. The maximum atomic E-state index is 6.26. The topological polar surface area (TPSA) is 58.3 Å². The predicted octanol–water partition coefficient (Wildman–Crippen LogP) is 2.35. The molecule has 1 aromatic heterocycles. The van der Waals surface area contributed by atoms with Crippen LogP contribution in [0.3, 0.4) is 0 Å². The Labute approximate surface area is 129 Å². The average Bonchev–Trinajstić information content (AvgIpc) is 2.47. The second kappa shape index (κ2) is 5.77. The molecule has 0 unspecified atom stereocenters. The molecule has 1 aromatic carbocycles. The van der Waals surface area contributed by atoms with Crippen molar-refractivity contribution in [1.82, 2.24) is 9.97 Å². The minimum Gasteiger partial charge on any atom is -0.384 e. The number of nitrogens with two attached hydrogens (primary N) is 1. The molecule has 6 heteroatoms. The van der Waals surface area contributed by atoms with E-state index in [-0.39, 0.29) is 0 Å². The minimum absolute atomic E-state index is 0.519. The summed E-state index contributed by atoms with van der Waals surface area (Å²) >= 11 is 6.26. The van der Waals surface area contributed by atoms with E-state index in [0.717, 1.165) is 42.7 Å². The number of anilines is 3. The van der Waals surface area contributed by atoms with E-state index in [1.165, 1.54) is 0 Å². The van der Waals surface area contributed by atoms with Gasteiger partial charge in [-0.2, -0.15) is 0 Å². The molecule has 2 N–H and O–H groups in total. The molecule has 21 heavy (non-hydrogen) atoms. The lowest BCUT2D eigenvalue weighted by atomic mass is 10.2. The van der Waals surface area contributed by atoms with Crippen molar-refractivity contribution in [3.63, 3.8) is 0 Å². The Morgan fingerprint density at radius 2 is 1.71 bits per heavy atom. The van der Waals surface area contributed by atoms with Crippen LogP contribution < -0.4 is 15.5 Å². The largest absolute Gasteiger partial charge is 0.384 e. The van der Waals surface area contributed by atoms with Gasteiger partial charge >= 0.3 is 0 Å². The van der Waals surface area contributed by atoms with Crippen LogP contribution in [0.1, 0.15) is 5.82 Å². The highest BCUT2D eigenvalue weighted by Gasteiger charge is 2.20. The smallest absolute Gasteiger partial charge is 0.134 e. The van der Waals surface area contributed by atoms with Crippen molar-refractivity contribution in [2.24, 2.45) is 0 Å². The molecule has 0 amide bonds. The fourth-order valence-electron chi connectivity index (χ4n) is 2.62. The van der Waals surface area contributed by atoms with Crippen LogP contribution in [-0.2, 0) is 0 Å². The van der Waals surface area contributed by atoms with Gasteiger partial charge in [-0.1, -0.05) is 23.7 Å². The highest BCUT2D eigenvalue weighted by atomic mass is 35.5. The molecule has 5 nitrogen and oxygen atoms in total. The summed E-state index contributed by atoms with van der Waals surface area (Å²) in [6, 6.07) is 9.79. The van der Waals surface area contributed by atoms with Gasteiger partial charge in [-0.15, -0.1) is 0 Å². The van der Waals surface area contributed by atoms with Crippen molar-refractivity contribution in [3.05, 3.63) is 41.2 Å². The second-order valence-corrected chi connectivity index (χ2v) is 5.53. The standard InChI is InChI=1S/C15H18ClN5/c1-11-18-14(17)10-15(19-11)21-8-6-20(7-9-21)13-5-3-2-4-12(13)16/h2-5,10H,6-9H2,1H3,(H2,17,18,19). The number of nitrogen functional groups attached to an aromatic ring is 1. The second-order valence-electron chi connectivity index (χ2n) is 5.12. The number of hydrogen-bond acceptors (Lipinski definition) is 5. The maximum Gasteiger partial charge on any atom is 0.134 e. The van der Waals surface area contributed by atoms with E-state index in [9.17, 15) is 0 Å². The molecule has 0 atom stereocenters. The zero-order valence-electron chi connectivity index (χ0n) is 12.0. The molecule has 1 saturated heterocycles. The van der Waals surface area contributed by atoms with Crippen molar-refractivity contribution in [2.45, 2.75) is 6.92 Å². The molecule has 3 rings (SSSR count). The van der Waals surface area contributed by atoms with E-state index in [1.54, 1.807) is 0 Å². The summed E-state index contributed by atoms with van der Waals surface area (Å²) in [6.45, 7) is 5.46. The average molecular weight is 304 g/mol. The summed E-state index contributed by atoms with van der Waals surface area (Å²) in [5.41, 5.74) is 6.89. The Morgan fingerprint density at radius 3 is 2.38 bits per heavy atom. The van der Waals surface area contributed by atoms with Gasteiger partial charge in [-0.3, -0.25) is 0 Å². The van der Waals surface area contributed by atoms with Crippen molar-refractivity contribution in [3.8, 4) is 0 Å². The lowest BCUT2D eigenvalue weighted by Crippen LogP contribution is -2.47. The fraction of sp³-hybridized carbons (Fsp3) is 0.333. The molecule has 0 saturated carbocycles. The first kappa shape index (κ1) is 13.9. The normalized spacial score (nSPS) is 15.3. The first-order valence-electron chi connectivity index (χ1n) is 6.99. The van der Waals surface area contributed by atoms with Crippen LogP contribution in [0.4, 0.5) is 17.3 Å². The van der Waals surface area contributed by atoms with Crippen LogP contribution in [0.2, 0.25) is 5.02 Å². The Hall–Kier alpha value is -2.01. The molecule has 0 radical (unpaired) electrons. The highest BCUT2D eigenvalue weighted by Crippen LogP contribution is 2.27.